The van der Waals surface area contributed by atoms with E-state index >= 15 is 0 Å². The lowest BCUT2D eigenvalue weighted by atomic mass is 9.88. The molecule has 0 aromatic heterocycles. The molecule has 41 heavy (non-hydrogen) atoms. The predicted molar refractivity (Wildman–Crippen MR) is 159 cm³/mol. The fraction of sp³-hybridized carbons (Fsp3) is 0.344. The van der Waals surface area contributed by atoms with Crippen LogP contribution in [-0.2, 0) is 33.7 Å². The van der Waals surface area contributed by atoms with Crippen LogP contribution in [0.25, 0.3) is 0 Å². The van der Waals surface area contributed by atoms with Gasteiger partial charge in [0.15, 0.2) is 0 Å². The van der Waals surface area contributed by atoms with E-state index in [9.17, 15) is 14.4 Å². The SMILES string of the molecule is COC(=O)Nc1ccccc1C1CCN(C(=O)C(Cc2ccc(Cl)cc2)NC(=O)C2Cc3ccccc3CN2)CC1. The Morgan fingerprint density at radius 2 is 1.66 bits per heavy atom. The number of carbonyl (C=O) groups is 3. The third-order valence-corrected chi connectivity index (χ3v) is 8.25. The van der Waals surface area contributed by atoms with E-state index in [1.165, 1.54) is 12.7 Å². The molecule has 214 valence electrons. The van der Waals surface area contributed by atoms with Gasteiger partial charge in [-0.2, -0.15) is 0 Å². The highest BCUT2D eigenvalue weighted by Crippen LogP contribution is 2.33. The number of piperidine rings is 1. The molecule has 0 saturated carbocycles. The number of methoxy groups -OCH3 is 1. The van der Waals surface area contributed by atoms with E-state index in [-0.39, 0.29) is 17.7 Å². The second kappa shape index (κ2) is 13.2. The number of carbonyl (C=O) groups excluding carboxylic acids is 3. The largest absolute Gasteiger partial charge is 0.453 e. The number of ether oxygens (including phenoxy) is 1. The molecular formula is C32H35ClN4O4. The summed E-state index contributed by atoms with van der Waals surface area (Å²) in [5, 5.41) is 9.81. The highest BCUT2D eigenvalue weighted by atomic mass is 35.5. The number of likely N-dealkylation sites (tertiary alicyclic amines) is 1. The molecular weight excluding hydrogens is 540 g/mol. The lowest BCUT2D eigenvalue weighted by Gasteiger charge is -2.35. The summed E-state index contributed by atoms with van der Waals surface area (Å²) in [6.07, 6.45) is 1.93. The Morgan fingerprint density at radius 1 is 0.976 bits per heavy atom. The molecule has 2 atom stereocenters. The van der Waals surface area contributed by atoms with E-state index in [4.69, 9.17) is 16.3 Å². The third-order valence-electron chi connectivity index (χ3n) is 7.99. The summed E-state index contributed by atoms with van der Waals surface area (Å²) in [5.41, 5.74) is 5.01. The molecule has 3 amide bonds. The van der Waals surface area contributed by atoms with Gasteiger partial charge in [-0.1, -0.05) is 66.2 Å². The summed E-state index contributed by atoms with van der Waals surface area (Å²) in [4.78, 5) is 41.0. The van der Waals surface area contributed by atoms with Crippen molar-refractivity contribution in [3.63, 3.8) is 0 Å². The molecule has 0 spiro atoms. The molecule has 1 saturated heterocycles. The van der Waals surface area contributed by atoms with Crippen molar-refractivity contribution in [2.24, 2.45) is 0 Å². The Balaban J connectivity index is 1.27. The number of para-hydroxylation sites is 1. The van der Waals surface area contributed by atoms with Gasteiger partial charge in [-0.3, -0.25) is 14.9 Å². The number of rotatable bonds is 7. The van der Waals surface area contributed by atoms with Crippen molar-refractivity contribution in [3.05, 3.63) is 100 Å². The normalized spacial score (nSPS) is 17.7. The summed E-state index contributed by atoms with van der Waals surface area (Å²) < 4.78 is 4.77. The van der Waals surface area contributed by atoms with E-state index in [0.29, 0.717) is 37.5 Å². The molecule has 0 radical (unpaired) electrons. The standard InChI is InChI=1S/C32H35ClN4O4/c1-41-32(40)36-27-9-5-4-8-26(27)22-14-16-37(17-15-22)31(39)29(18-21-10-12-25(33)13-11-21)35-30(38)28-19-23-6-2-3-7-24(23)20-34-28/h2-13,22,28-29,34H,14-20H2,1H3,(H,35,38)(H,36,40). The second-order valence-corrected chi connectivity index (χ2v) is 11.0. The van der Waals surface area contributed by atoms with E-state index < -0.39 is 18.2 Å². The van der Waals surface area contributed by atoms with Gasteiger partial charge in [0.2, 0.25) is 11.8 Å². The van der Waals surface area contributed by atoms with Crippen LogP contribution in [0.2, 0.25) is 5.02 Å². The van der Waals surface area contributed by atoms with Crippen molar-refractivity contribution >= 4 is 35.2 Å². The first kappa shape index (κ1) is 28.6. The van der Waals surface area contributed by atoms with Crippen LogP contribution < -0.4 is 16.0 Å². The van der Waals surface area contributed by atoms with E-state index in [0.717, 1.165) is 35.2 Å². The van der Waals surface area contributed by atoms with Gasteiger partial charge in [-0.15, -0.1) is 0 Å². The maximum atomic E-state index is 13.9. The Labute approximate surface area is 245 Å². The van der Waals surface area contributed by atoms with Gasteiger partial charge in [0, 0.05) is 36.8 Å². The minimum atomic E-state index is -0.701. The first-order chi connectivity index (χ1) is 19.9. The van der Waals surface area contributed by atoms with Crippen LogP contribution in [0.15, 0.2) is 72.8 Å². The quantitative estimate of drug-likeness (QED) is 0.381. The number of halogens is 1. The Morgan fingerprint density at radius 3 is 2.39 bits per heavy atom. The Bertz CT molecular complexity index is 1390. The number of amides is 3. The molecule has 2 aliphatic rings. The van der Waals surface area contributed by atoms with Crippen molar-refractivity contribution in [2.75, 3.05) is 25.5 Å². The minimum Gasteiger partial charge on any atom is -0.453 e. The fourth-order valence-corrected chi connectivity index (χ4v) is 5.85. The van der Waals surface area contributed by atoms with Crippen LogP contribution in [0.5, 0.6) is 0 Å². The number of benzene rings is 3. The maximum Gasteiger partial charge on any atom is 0.411 e. The molecule has 2 unspecified atom stereocenters. The minimum absolute atomic E-state index is 0.0936. The van der Waals surface area contributed by atoms with E-state index in [1.807, 2.05) is 53.4 Å². The monoisotopic (exact) mass is 574 g/mol. The third kappa shape index (κ3) is 7.07. The average molecular weight is 575 g/mol. The van der Waals surface area contributed by atoms with Gasteiger partial charge in [0.25, 0.3) is 0 Å². The number of hydrogen-bond acceptors (Lipinski definition) is 5. The van der Waals surface area contributed by atoms with E-state index in [2.05, 4.69) is 28.1 Å². The molecule has 3 N–H and O–H groups in total. The molecule has 9 heteroatoms. The summed E-state index contributed by atoms with van der Waals surface area (Å²) in [7, 11) is 1.34. The molecule has 3 aromatic carbocycles. The summed E-state index contributed by atoms with van der Waals surface area (Å²) >= 11 is 6.09. The van der Waals surface area contributed by atoms with Crippen molar-refractivity contribution in [1.82, 2.24) is 15.5 Å². The first-order valence-corrected chi connectivity index (χ1v) is 14.4. The van der Waals surface area contributed by atoms with Crippen LogP contribution in [0.4, 0.5) is 10.5 Å². The van der Waals surface area contributed by atoms with Crippen molar-refractivity contribution in [1.29, 1.82) is 0 Å². The lowest BCUT2D eigenvalue weighted by Crippen LogP contribution is -2.56. The van der Waals surface area contributed by atoms with Crippen LogP contribution in [0, 0.1) is 0 Å². The zero-order valence-corrected chi connectivity index (χ0v) is 23.8. The van der Waals surface area contributed by atoms with Crippen molar-refractivity contribution in [3.8, 4) is 0 Å². The van der Waals surface area contributed by atoms with Crippen LogP contribution >= 0.6 is 11.6 Å². The van der Waals surface area contributed by atoms with Crippen LogP contribution in [0.3, 0.4) is 0 Å². The summed E-state index contributed by atoms with van der Waals surface area (Å²) in [5.74, 6) is -0.0864. The number of anilines is 1. The molecule has 3 aromatic rings. The average Bonchev–Trinajstić information content (AvgIpc) is 3.01. The zero-order chi connectivity index (χ0) is 28.8. The van der Waals surface area contributed by atoms with E-state index in [1.54, 1.807) is 12.1 Å². The second-order valence-electron chi connectivity index (χ2n) is 10.6. The zero-order valence-electron chi connectivity index (χ0n) is 23.1. The molecule has 8 nitrogen and oxygen atoms in total. The van der Waals surface area contributed by atoms with Gasteiger partial charge >= 0.3 is 6.09 Å². The summed E-state index contributed by atoms with van der Waals surface area (Å²) in [6.45, 7) is 1.72. The van der Waals surface area contributed by atoms with Crippen LogP contribution in [-0.4, -0.2) is 55.1 Å². The van der Waals surface area contributed by atoms with Crippen LogP contribution in [0.1, 0.15) is 41.0 Å². The number of fused-ring (bicyclic) bond motifs is 1. The Kier molecular flexibility index (Phi) is 9.21. The fourth-order valence-electron chi connectivity index (χ4n) is 5.73. The van der Waals surface area contributed by atoms with Gasteiger partial charge < -0.3 is 20.3 Å². The molecule has 0 bridgehead atoms. The van der Waals surface area contributed by atoms with Crippen molar-refractivity contribution < 1.29 is 19.1 Å². The molecule has 2 heterocycles. The molecule has 1 fully saturated rings. The molecule has 5 rings (SSSR count). The predicted octanol–water partition coefficient (Wildman–Crippen LogP) is 4.67. The summed E-state index contributed by atoms with van der Waals surface area (Å²) in [6, 6.07) is 22.1. The number of nitrogens with zero attached hydrogens (tertiary/aromatic N) is 1. The van der Waals surface area contributed by atoms with Gasteiger partial charge in [0.1, 0.15) is 6.04 Å². The Hall–Kier alpha value is -3.88. The van der Waals surface area contributed by atoms with Gasteiger partial charge in [-0.25, -0.2) is 4.79 Å². The maximum absolute atomic E-state index is 13.9. The van der Waals surface area contributed by atoms with Crippen molar-refractivity contribution in [2.45, 2.75) is 50.2 Å². The smallest absolute Gasteiger partial charge is 0.411 e. The topological polar surface area (TPSA) is 99.8 Å². The van der Waals surface area contributed by atoms with Gasteiger partial charge in [0.05, 0.1) is 13.2 Å². The highest BCUT2D eigenvalue weighted by molar-refractivity contribution is 6.30. The lowest BCUT2D eigenvalue weighted by molar-refractivity contribution is -0.137. The number of hydrogen-bond donors (Lipinski definition) is 3. The first-order valence-electron chi connectivity index (χ1n) is 14.0. The van der Waals surface area contributed by atoms with Gasteiger partial charge in [-0.05, 0) is 65.6 Å². The highest BCUT2D eigenvalue weighted by Gasteiger charge is 2.33. The number of nitrogens with one attached hydrogen (secondary N) is 3. The molecule has 0 aliphatic carbocycles. The molecule has 2 aliphatic heterocycles.